The molecule has 2 aliphatic heterocycles. The van der Waals surface area contributed by atoms with Gasteiger partial charge in [-0.1, -0.05) is 12.1 Å². The van der Waals surface area contributed by atoms with E-state index in [9.17, 15) is 9.65 Å². The SMILES string of the molecule is N#Cc1nccc(N2CC[C@]3(CCN(Cc4ccc(-n5c(-c6cccnc6N)nc6cnc(-c7ccc(F)cn7)cc65)cc4)C3)C2)n1. The number of anilines is 2. The van der Waals surface area contributed by atoms with Crippen LogP contribution in [0.25, 0.3) is 39.5 Å². The van der Waals surface area contributed by atoms with Crippen LogP contribution in [0.3, 0.4) is 0 Å². The average molecular weight is 624 g/mol. The van der Waals surface area contributed by atoms with Crippen LogP contribution in [0.4, 0.5) is 16.0 Å². The number of imidazole rings is 1. The number of nitrogen functional groups attached to an aromatic ring is 1. The number of hydrogen-bond acceptors (Lipinski definition) is 10. The second kappa shape index (κ2) is 11.5. The van der Waals surface area contributed by atoms with Crippen LogP contribution in [-0.2, 0) is 6.54 Å². The Morgan fingerprint density at radius 3 is 2.53 bits per heavy atom. The molecule has 0 bridgehead atoms. The summed E-state index contributed by atoms with van der Waals surface area (Å²) < 4.78 is 15.6. The minimum atomic E-state index is -0.402. The molecule has 0 aliphatic carbocycles. The summed E-state index contributed by atoms with van der Waals surface area (Å²) in [7, 11) is 0. The fourth-order valence-corrected chi connectivity index (χ4v) is 6.91. The molecule has 0 amide bonds. The van der Waals surface area contributed by atoms with Crippen LogP contribution < -0.4 is 10.6 Å². The third kappa shape index (κ3) is 5.40. The molecule has 5 aromatic heterocycles. The summed E-state index contributed by atoms with van der Waals surface area (Å²) in [6.07, 6.45) is 8.45. The van der Waals surface area contributed by atoms with Crippen LogP contribution in [0.1, 0.15) is 24.2 Å². The Bertz CT molecular complexity index is 2140. The number of halogens is 1. The van der Waals surface area contributed by atoms with Gasteiger partial charge in [-0.05, 0) is 73.5 Å². The minimum absolute atomic E-state index is 0.210. The Labute approximate surface area is 270 Å². The van der Waals surface area contributed by atoms with E-state index >= 15 is 0 Å². The number of benzene rings is 1. The molecule has 7 heterocycles. The van der Waals surface area contributed by atoms with E-state index in [1.54, 1.807) is 24.7 Å². The maximum absolute atomic E-state index is 13.6. The molecule has 6 aromatic rings. The standard InChI is InChI=1S/C35H30FN11/c36-24-5-8-27(41-18-24)28-16-30-29(19-42-28)43-34(26-2-1-12-40-33(26)38)47(30)25-6-3-23(4-7-25)20-45-14-10-35(21-45)11-15-46(22-35)32-9-13-39-31(17-37)44-32/h1-9,12-13,16,18-19H,10-11,14-15,20-22H2,(H2,38,40)/t35-/m0/s1. The van der Waals surface area contributed by atoms with Gasteiger partial charge in [0.2, 0.25) is 5.82 Å². The van der Waals surface area contributed by atoms with Crippen molar-refractivity contribution in [2.45, 2.75) is 19.4 Å². The van der Waals surface area contributed by atoms with Crippen molar-refractivity contribution in [2.24, 2.45) is 5.41 Å². The van der Waals surface area contributed by atoms with Crippen molar-refractivity contribution in [1.29, 1.82) is 5.26 Å². The predicted octanol–water partition coefficient (Wildman–Crippen LogP) is 5.03. The third-order valence-electron chi connectivity index (χ3n) is 9.23. The van der Waals surface area contributed by atoms with E-state index in [1.165, 1.54) is 17.8 Å². The summed E-state index contributed by atoms with van der Waals surface area (Å²) in [5, 5.41) is 9.21. The molecular formula is C35H30FN11. The van der Waals surface area contributed by atoms with Crippen molar-refractivity contribution in [2.75, 3.05) is 36.8 Å². The molecule has 47 heavy (non-hydrogen) atoms. The highest BCUT2D eigenvalue weighted by molar-refractivity contribution is 5.87. The molecule has 1 aromatic carbocycles. The number of fused-ring (bicyclic) bond motifs is 1. The number of rotatable bonds is 6. The Hall–Kier alpha value is -5.80. The van der Waals surface area contributed by atoms with Crippen LogP contribution >= 0.6 is 0 Å². The molecule has 11 nitrogen and oxygen atoms in total. The maximum atomic E-state index is 13.6. The smallest absolute Gasteiger partial charge is 0.234 e. The summed E-state index contributed by atoms with van der Waals surface area (Å²) in [6.45, 7) is 4.77. The van der Waals surface area contributed by atoms with Gasteiger partial charge in [0.25, 0.3) is 0 Å². The summed E-state index contributed by atoms with van der Waals surface area (Å²) in [4.78, 5) is 31.3. The van der Waals surface area contributed by atoms with Crippen LogP contribution in [-0.4, -0.2) is 65.5 Å². The van der Waals surface area contributed by atoms with Gasteiger partial charge in [-0.15, -0.1) is 0 Å². The highest BCUT2D eigenvalue weighted by Gasteiger charge is 2.43. The van der Waals surface area contributed by atoms with Crippen LogP contribution in [0, 0.1) is 22.6 Å². The van der Waals surface area contributed by atoms with Gasteiger partial charge < -0.3 is 10.6 Å². The van der Waals surface area contributed by atoms with Crippen LogP contribution in [0.5, 0.6) is 0 Å². The zero-order valence-electron chi connectivity index (χ0n) is 25.5. The number of likely N-dealkylation sites (tertiary alicyclic amines) is 1. The second-order valence-electron chi connectivity index (χ2n) is 12.3. The molecule has 0 saturated carbocycles. The van der Waals surface area contributed by atoms with Crippen molar-refractivity contribution in [3.8, 4) is 34.5 Å². The zero-order chi connectivity index (χ0) is 32.0. The van der Waals surface area contributed by atoms with Crippen molar-refractivity contribution >= 4 is 22.7 Å². The van der Waals surface area contributed by atoms with Gasteiger partial charge in [-0.25, -0.2) is 24.3 Å². The van der Waals surface area contributed by atoms with Gasteiger partial charge in [-0.2, -0.15) is 5.26 Å². The molecular weight excluding hydrogens is 593 g/mol. The fourth-order valence-electron chi connectivity index (χ4n) is 6.91. The Morgan fingerprint density at radius 1 is 0.872 bits per heavy atom. The van der Waals surface area contributed by atoms with E-state index < -0.39 is 5.82 Å². The van der Waals surface area contributed by atoms with Gasteiger partial charge in [0.05, 0.1) is 34.9 Å². The number of nitriles is 1. The lowest BCUT2D eigenvalue weighted by Gasteiger charge is -2.25. The number of nitrogens with zero attached hydrogens (tertiary/aromatic N) is 10. The van der Waals surface area contributed by atoms with Gasteiger partial charge in [-0.3, -0.25) is 19.4 Å². The second-order valence-corrected chi connectivity index (χ2v) is 12.3. The summed E-state index contributed by atoms with van der Waals surface area (Å²) >= 11 is 0. The number of pyridine rings is 3. The van der Waals surface area contributed by atoms with Gasteiger partial charge >= 0.3 is 0 Å². The normalized spacial score (nSPS) is 17.9. The first kappa shape index (κ1) is 28.7. The first-order valence-electron chi connectivity index (χ1n) is 15.5. The fraction of sp³-hybridized carbons (Fsp3) is 0.229. The van der Waals surface area contributed by atoms with Crippen molar-refractivity contribution in [1.82, 2.24) is 39.4 Å². The van der Waals surface area contributed by atoms with Crippen LogP contribution in [0.2, 0.25) is 0 Å². The van der Waals surface area contributed by atoms with E-state index in [0.29, 0.717) is 34.1 Å². The lowest BCUT2D eigenvalue weighted by Crippen LogP contribution is -2.31. The molecule has 2 fully saturated rings. The molecule has 1 spiro atoms. The van der Waals surface area contributed by atoms with Crippen molar-refractivity contribution in [3.63, 3.8) is 0 Å². The Balaban J connectivity index is 1.06. The first-order valence-corrected chi connectivity index (χ1v) is 15.5. The molecule has 2 saturated heterocycles. The molecule has 8 rings (SSSR count). The van der Waals surface area contributed by atoms with E-state index in [2.05, 4.69) is 63.6 Å². The summed E-state index contributed by atoms with van der Waals surface area (Å²) in [5.74, 6) is 1.68. The molecule has 0 radical (unpaired) electrons. The van der Waals surface area contributed by atoms with Crippen molar-refractivity contribution in [3.05, 3.63) is 103 Å². The maximum Gasteiger partial charge on any atom is 0.234 e. The minimum Gasteiger partial charge on any atom is -0.383 e. The number of hydrogen-bond donors (Lipinski definition) is 1. The first-order chi connectivity index (χ1) is 23.0. The summed E-state index contributed by atoms with van der Waals surface area (Å²) in [5.41, 5.74) is 12.1. The predicted molar refractivity (Wildman–Crippen MR) is 176 cm³/mol. The topological polar surface area (TPSA) is 139 Å². The monoisotopic (exact) mass is 623 g/mol. The molecule has 2 N–H and O–H groups in total. The Morgan fingerprint density at radius 2 is 1.72 bits per heavy atom. The lowest BCUT2D eigenvalue weighted by atomic mass is 9.86. The van der Waals surface area contributed by atoms with Gasteiger partial charge in [0.15, 0.2) is 0 Å². The molecule has 232 valence electrons. The molecule has 1 atom stereocenters. The highest BCUT2D eigenvalue weighted by Crippen LogP contribution is 2.41. The molecule has 12 heteroatoms. The largest absolute Gasteiger partial charge is 0.383 e. The van der Waals surface area contributed by atoms with E-state index in [0.717, 1.165) is 62.6 Å². The molecule has 0 unspecified atom stereocenters. The number of aromatic nitrogens is 7. The molecule has 2 aliphatic rings. The van der Waals surface area contributed by atoms with Crippen molar-refractivity contribution < 1.29 is 4.39 Å². The van der Waals surface area contributed by atoms with Gasteiger partial charge in [0.1, 0.15) is 34.9 Å². The quantitative estimate of drug-likeness (QED) is 0.269. The summed E-state index contributed by atoms with van der Waals surface area (Å²) in [6, 6.07) is 21.1. The Kier molecular flexibility index (Phi) is 7.03. The van der Waals surface area contributed by atoms with Gasteiger partial charge in [0, 0.05) is 49.7 Å². The van der Waals surface area contributed by atoms with E-state index in [1.807, 2.05) is 30.3 Å². The number of nitrogens with two attached hydrogens (primary N) is 1. The average Bonchev–Trinajstić information content (AvgIpc) is 3.82. The lowest BCUT2D eigenvalue weighted by molar-refractivity contribution is 0.270. The highest BCUT2D eigenvalue weighted by atomic mass is 19.1. The van der Waals surface area contributed by atoms with E-state index in [-0.39, 0.29) is 11.2 Å². The zero-order valence-corrected chi connectivity index (χ0v) is 25.5. The van der Waals surface area contributed by atoms with E-state index in [4.69, 9.17) is 10.7 Å². The third-order valence-corrected chi connectivity index (χ3v) is 9.23. The van der Waals surface area contributed by atoms with Crippen LogP contribution in [0.15, 0.2) is 85.5 Å².